The number of amides is 1. The number of aromatic nitrogens is 1. The summed E-state index contributed by atoms with van der Waals surface area (Å²) in [5, 5.41) is 1.08. The van der Waals surface area contributed by atoms with Crippen molar-refractivity contribution < 1.29 is 9.59 Å². The molecule has 0 aliphatic heterocycles. The van der Waals surface area contributed by atoms with Gasteiger partial charge in [-0.05, 0) is 11.6 Å². The number of nitrogens with one attached hydrogen (secondary N) is 1. The van der Waals surface area contributed by atoms with E-state index in [2.05, 4.69) is 4.98 Å². The van der Waals surface area contributed by atoms with Gasteiger partial charge < -0.3 is 9.88 Å². The molecule has 1 aromatic carbocycles. The van der Waals surface area contributed by atoms with Gasteiger partial charge in [0.2, 0.25) is 5.78 Å². The highest BCUT2D eigenvalue weighted by atomic mass is 16.2. The van der Waals surface area contributed by atoms with Crippen LogP contribution in [0.5, 0.6) is 0 Å². The normalized spacial score (nSPS) is 10.5. The molecule has 0 bridgehead atoms. The highest BCUT2D eigenvalue weighted by Crippen LogP contribution is 2.18. The van der Waals surface area contributed by atoms with Gasteiger partial charge in [-0.25, -0.2) is 0 Å². The monoisotopic (exact) mass is 230 g/mol. The van der Waals surface area contributed by atoms with E-state index in [9.17, 15) is 9.59 Å². The first-order valence-corrected chi connectivity index (χ1v) is 5.40. The number of benzene rings is 1. The number of aromatic amines is 1. The second kappa shape index (κ2) is 4.41. The number of carbonyl (C=O) groups is 2. The molecule has 0 aliphatic rings. The van der Waals surface area contributed by atoms with Crippen molar-refractivity contribution in [3.05, 3.63) is 36.0 Å². The summed E-state index contributed by atoms with van der Waals surface area (Å²) in [5.74, 6) is -0.900. The minimum Gasteiger partial charge on any atom is -0.361 e. The van der Waals surface area contributed by atoms with Crippen LogP contribution in [0.25, 0.3) is 10.9 Å². The average molecular weight is 230 g/mol. The number of H-pyrrole nitrogens is 1. The standard InChI is InChI=1S/C13H14N2O2/c1-9(16)13(17)15(2)8-10-7-14-12-6-4-3-5-11(10)12/h3-7,14H,8H2,1-2H3. The zero-order valence-electron chi connectivity index (χ0n) is 9.86. The Morgan fingerprint density at radius 2 is 2.00 bits per heavy atom. The van der Waals surface area contributed by atoms with Crippen molar-refractivity contribution in [2.45, 2.75) is 13.5 Å². The largest absolute Gasteiger partial charge is 0.361 e. The quantitative estimate of drug-likeness (QED) is 0.816. The average Bonchev–Trinajstić information content (AvgIpc) is 2.71. The van der Waals surface area contributed by atoms with E-state index in [1.165, 1.54) is 11.8 Å². The fourth-order valence-corrected chi connectivity index (χ4v) is 1.86. The molecule has 0 saturated carbocycles. The summed E-state index contributed by atoms with van der Waals surface area (Å²) in [7, 11) is 1.63. The van der Waals surface area contributed by atoms with E-state index >= 15 is 0 Å². The third-order valence-electron chi connectivity index (χ3n) is 2.73. The maximum absolute atomic E-state index is 11.5. The first-order chi connectivity index (χ1) is 8.09. The molecule has 88 valence electrons. The Kier molecular flexibility index (Phi) is 2.95. The number of hydrogen-bond donors (Lipinski definition) is 1. The van der Waals surface area contributed by atoms with Crippen LogP contribution in [-0.2, 0) is 16.1 Å². The Balaban J connectivity index is 2.24. The van der Waals surface area contributed by atoms with Crippen molar-refractivity contribution in [1.82, 2.24) is 9.88 Å². The van der Waals surface area contributed by atoms with E-state index in [-0.39, 0.29) is 0 Å². The van der Waals surface area contributed by atoms with E-state index < -0.39 is 11.7 Å². The first kappa shape index (κ1) is 11.4. The van der Waals surface area contributed by atoms with E-state index in [1.807, 2.05) is 30.5 Å². The summed E-state index contributed by atoms with van der Waals surface area (Å²) < 4.78 is 0. The molecule has 2 rings (SSSR count). The van der Waals surface area contributed by atoms with Crippen LogP contribution < -0.4 is 0 Å². The smallest absolute Gasteiger partial charge is 0.289 e. The molecule has 4 nitrogen and oxygen atoms in total. The van der Waals surface area contributed by atoms with Gasteiger partial charge in [-0.3, -0.25) is 9.59 Å². The first-order valence-electron chi connectivity index (χ1n) is 5.40. The van der Waals surface area contributed by atoms with Gasteiger partial charge in [0.15, 0.2) is 0 Å². The molecule has 1 aromatic heterocycles. The number of carbonyl (C=O) groups excluding carboxylic acids is 2. The van der Waals surface area contributed by atoms with Crippen molar-refractivity contribution in [2.24, 2.45) is 0 Å². The van der Waals surface area contributed by atoms with Crippen LogP contribution in [0.15, 0.2) is 30.5 Å². The maximum Gasteiger partial charge on any atom is 0.289 e. The van der Waals surface area contributed by atoms with E-state index in [1.54, 1.807) is 7.05 Å². The second-order valence-electron chi connectivity index (χ2n) is 4.08. The number of likely N-dealkylation sites (N-methyl/N-ethyl adjacent to an activating group) is 1. The van der Waals surface area contributed by atoms with Gasteiger partial charge >= 0.3 is 0 Å². The van der Waals surface area contributed by atoms with Gasteiger partial charge in [-0.15, -0.1) is 0 Å². The van der Waals surface area contributed by atoms with Crippen LogP contribution in [0.3, 0.4) is 0 Å². The molecule has 0 spiro atoms. The van der Waals surface area contributed by atoms with Gasteiger partial charge in [-0.1, -0.05) is 18.2 Å². The summed E-state index contributed by atoms with van der Waals surface area (Å²) in [6.07, 6.45) is 1.87. The number of Topliss-reactive ketones (excluding diaryl/α,β-unsaturated/α-hetero) is 1. The summed E-state index contributed by atoms with van der Waals surface area (Å²) in [5.41, 5.74) is 2.05. The zero-order chi connectivity index (χ0) is 12.4. The van der Waals surface area contributed by atoms with Crippen LogP contribution >= 0.6 is 0 Å². The molecule has 0 aliphatic carbocycles. The molecule has 0 unspecified atom stereocenters. The molecular weight excluding hydrogens is 216 g/mol. The second-order valence-corrected chi connectivity index (χ2v) is 4.08. The fourth-order valence-electron chi connectivity index (χ4n) is 1.86. The molecule has 0 radical (unpaired) electrons. The summed E-state index contributed by atoms with van der Waals surface area (Å²) in [4.78, 5) is 27.0. The zero-order valence-corrected chi connectivity index (χ0v) is 9.86. The van der Waals surface area contributed by atoms with Crippen LogP contribution in [0, 0.1) is 0 Å². The van der Waals surface area contributed by atoms with Gasteiger partial charge in [0, 0.05) is 37.6 Å². The number of rotatable bonds is 3. The topological polar surface area (TPSA) is 53.2 Å². The molecule has 17 heavy (non-hydrogen) atoms. The minimum absolute atomic E-state index is 0.433. The Bertz CT molecular complexity index is 572. The highest BCUT2D eigenvalue weighted by molar-refractivity contribution is 6.34. The molecular formula is C13H14N2O2. The number of fused-ring (bicyclic) bond motifs is 1. The third-order valence-corrected chi connectivity index (χ3v) is 2.73. The SMILES string of the molecule is CC(=O)C(=O)N(C)Cc1c[nH]c2ccccc12. The van der Waals surface area contributed by atoms with Crippen molar-refractivity contribution >= 4 is 22.6 Å². The van der Waals surface area contributed by atoms with Gasteiger partial charge in [0.1, 0.15) is 0 Å². The summed E-state index contributed by atoms with van der Waals surface area (Å²) in [6, 6.07) is 7.87. The predicted octanol–water partition coefficient (Wildman–Crippen LogP) is 1.72. The molecule has 4 heteroatoms. The Morgan fingerprint density at radius 1 is 1.29 bits per heavy atom. The van der Waals surface area contributed by atoms with E-state index in [0.717, 1.165) is 16.5 Å². The van der Waals surface area contributed by atoms with Crippen LogP contribution in [0.4, 0.5) is 0 Å². The van der Waals surface area contributed by atoms with Crippen molar-refractivity contribution in [1.29, 1.82) is 0 Å². The lowest BCUT2D eigenvalue weighted by atomic mass is 10.1. The molecule has 0 fully saturated rings. The van der Waals surface area contributed by atoms with Crippen LogP contribution in [0.1, 0.15) is 12.5 Å². The van der Waals surface area contributed by atoms with Crippen LogP contribution in [0.2, 0.25) is 0 Å². The summed E-state index contributed by atoms with van der Waals surface area (Å²) in [6.45, 7) is 1.72. The lowest BCUT2D eigenvalue weighted by Crippen LogP contribution is -2.31. The van der Waals surface area contributed by atoms with E-state index in [4.69, 9.17) is 0 Å². The van der Waals surface area contributed by atoms with Crippen molar-refractivity contribution in [3.63, 3.8) is 0 Å². The van der Waals surface area contributed by atoms with Gasteiger partial charge in [0.05, 0.1) is 0 Å². The van der Waals surface area contributed by atoms with Crippen molar-refractivity contribution in [2.75, 3.05) is 7.05 Å². The molecule has 2 aromatic rings. The Labute approximate surface area is 99.2 Å². The predicted molar refractivity (Wildman–Crippen MR) is 65.5 cm³/mol. The third kappa shape index (κ3) is 2.20. The number of nitrogens with zero attached hydrogens (tertiary/aromatic N) is 1. The number of hydrogen-bond acceptors (Lipinski definition) is 2. The molecule has 1 N–H and O–H groups in total. The fraction of sp³-hybridized carbons (Fsp3) is 0.231. The van der Waals surface area contributed by atoms with Crippen LogP contribution in [-0.4, -0.2) is 28.6 Å². The molecule has 1 heterocycles. The maximum atomic E-state index is 11.5. The summed E-state index contributed by atoms with van der Waals surface area (Å²) >= 11 is 0. The van der Waals surface area contributed by atoms with E-state index in [0.29, 0.717) is 6.54 Å². The number of ketones is 1. The lowest BCUT2D eigenvalue weighted by molar-refractivity contribution is -0.143. The molecule has 0 atom stereocenters. The van der Waals surface area contributed by atoms with Gasteiger partial charge in [0.25, 0.3) is 5.91 Å². The number of para-hydroxylation sites is 1. The Hall–Kier alpha value is -2.10. The molecule has 0 saturated heterocycles. The minimum atomic E-state index is -0.463. The lowest BCUT2D eigenvalue weighted by Gasteiger charge is -2.14. The van der Waals surface area contributed by atoms with Crippen molar-refractivity contribution in [3.8, 4) is 0 Å². The highest BCUT2D eigenvalue weighted by Gasteiger charge is 2.15. The van der Waals surface area contributed by atoms with Gasteiger partial charge in [-0.2, -0.15) is 0 Å². The Morgan fingerprint density at radius 3 is 2.71 bits per heavy atom. The molecule has 1 amide bonds.